The number of hydrogen-bond acceptors (Lipinski definition) is 3. The predicted octanol–water partition coefficient (Wildman–Crippen LogP) is 3.23. The van der Waals surface area contributed by atoms with Gasteiger partial charge < -0.3 is 14.2 Å². The molecule has 3 aromatic rings. The molecule has 0 aliphatic carbocycles. The largest absolute Gasteiger partial charge is 0.457 e. The number of benzene rings is 2. The fourth-order valence-electron chi connectivity index (χ4n) is 2.26. The van der Waals surface area contributed by atoms with E-state index in [2.05, 4.69) is 4.98 Å². The van der Waals surface area contributed by atoms with Gasteiger partial charge in [0.05, 0.1) is 17.4 Å². The Labute approximate surface area is 135 Å². The van der Waals surface area contributed by atoms with Crippen LogP contribution in [0, 0.1) is 6.92 Å². The zero-order valence-electron chi connectivity index (χ0n) is 13.5. The van der Waals surface area contributed by atoms with E-state index >= 15 is 0 Å². The molecule has 23 heavy (non-hydrogen) atoms. The second-order valence-electron chi connectivity index (χ2n) is 5.73. The van der Waals surface area contributed by atoms with Crippen molar-refractivity contribution in [2.75, 3.05) is 14.1 Å². The molecule has 5 nitrogen and oxygen atoms in total. The summed E-state index contributed by atoms with van der Waals surface area (Å²) in [5.74, 6) is 1.55. The van der Waals surface area contributed by atoms with Crippen LogP contribution in [0.25, 0.3) is 11.0 Å². The van der Waals surface area contributed by atoms with Crippen molar-refractivity contribution in [1.29, 1.82) is 0 Å². The smallest absolute Gasteiger partial charge is 0.242 e. The van der Waals surface area contributed by atoms with Crippen molar-refractivity contribution in [3.63, 3.8) is 0 Å². The van der Waals surface area contributed by atoms with E-state index in [1.165, 1.54) is 5.56 Å². The number of hydrogen-bond donors (Lipinski definition) is 0. The summed E-state index contributed by atoms with van der Waals surface area (Å²) in [6, 6.07) is 13.6. The van der Waals surface area contributed by atoms with Crippen molar-refractivity contribution >= 4 is 16.9 Å². The SMILES string of the molecule is Cc1ccc(Oc2ccc3c(c2)ncn3CC(=O)N(C)C)cc1. The van der Waals surface area contributed by atoms with Crippen molar-refractivity contribution < 1.29 is 9.53 Å². The first-order valence-electron chi connectivity index (χ1n) is 7.42. The molecule has 3 rings (SSSR count). The van der Waals surface area contributed by atoms with Crippen molar-refractivity contribution in [2.45, 2.75) is 13.5 Å². The Morgan fingerprint density at radius 1 is 1.13 bits per heavy atom. The first-order chi connectivity index (χ1) is 11.0. The average molecular weight is 309 g/mol. The predicted molar refractivity (Wildman–Crippen MR) is 89.7 cm³/mol. The molecule has 0 atom stereocenters. The summed E-state index contributed by atoms with van der Waals surface area (Å²) in [5, 5.41) is 0. The second-order valence-corrected chi connectivity index (χ2v) is 5.73. The van der Waals surface area contributed by atoms with Gasteiger partial charge in [-0.05, 0) is 31.2 Å². The van der Waals surface area contributed by atoms with E-state index in [0.717, 1.165) is 22.5 Å². The minimum absolute atomic E-state index is 0.0317. The van der Waals surface area contributed by atoms with Gasteiger partial charge >= 0.3 is 0 Å². The standard InChI is InChI=1S/C18H19N3O2/c1-13-4-6-14(7-5-13)23-15-8-9-17-16(10-15)19-12-21(17)11-18(22)20(2)3/h4-10,12H,11H2,1-3H3. The third-order valence-corrected chi connectivity index (χ3v) is 3.65. The summed E-state index contributed by atoms with van der Waals surface area (Å²) in [4.78, 5) is 17.8. The van der Waals surface area contributed by atoms with Crippen LogP contribution in [0.15, 0.2) is 48.8 Å². The van der Waals surface area contributed by atoms with Crippen LogP contribution in [-0.4, -0.2) is 34.5 Å². The van der Waals surface area contributed by atoms with Gasteiger partial charge in [-0.25, -0.2) is 4.98 Å². The van der Waals surface area contributed by atoms with Crippen LogP contribution >= 0.6 is 0 Å². The molecule has 0 aliphatic heterocycles. The zero-order valence-corrected chi connectivity index (χ0v) is 13.5. The second kappa shape index (κ2) is 6.12. The maximum absolute atomic E-state index is 11.8. The molecular formula is C18H19N3O2. The summed E-state index contributed by atoms with van der Waals surface area (Å²) < 4.78 is 7.69. The fourth-order valence-corrected chi connectivity index (χ4v) is 2.26. The number of aromatic nitrogens is 2. The topological polar surface area (TPSA) is 47.4 Å². The summed E-state index contributed by atoms with van der Waals surface area (Å²) in [7, 11) is 3.49. The van der Waals surface area contributed by atoms with E-state index in [0.29, 0.717) is 0 Å². The number of rotatable bonds is 4. The Bertz CT molecular complexity index is 835. The lowest BCUT2D eigenvalue weighted by Gasteiger charge is -2.11. The molecule has 0 aliphatic rings. The van der Waals surface area contributed by atoms with Crippen LogP contribution in [0.5, 0.6) is 11.5 Å². The molecule has 5 heteroatoms. The monoisotopic (exact) mass is 309 g/mol. The van der Waals surface area contributed by atoms with Crippen LogP contribution in [0.1, 0.15) is 5.56 Å². The van der Waals surface area contributed by atoms with Gasteiger partial charge in [0.15, 0.2) is 0 Å². The van der Waals surface area contributed by atoms with Crippen LogP contribution in [0.3, 0.4) is 0 Å². The lowest BCUT2D eigenvalue weighted by molar-refractivity contribution is -0.129. The maximum Gasteiger partial charge on any atom is 0.242 e. The number of amides is 1. The quantitative estimate of drug-likeness (QED) is 0.743. The van der Waals surface area contributed by atoms with Gasteiger partial charge in [0.1, 0.15) is 18.0 Å². The highest BCUT2D eigenvalue weighted by molar-refractivity contribution is 5.81. The molecule has 2 aromatic carbocycles. The molecule has 0 saturated carbocycles. The van der Waals surface area contributed by atoms with Gasteiger partial charge in [0.25, 0.3) is 0 Å². The molecule has 0 spiro atoms. The van der Waals surface area contributed by atoms with E-state index in [9.17, 15) is 4.79 Å². The minimum atomic E-state index is 0.0317. The number of aryl methyl sites for hydroxylation is 1. The molecule has 1 aromatic heterocycles. The van der Waals surface area contributed by atoms with E-state index in [-0.39, 0.29) is 12.5 Å². The molecule has 0 fully saturated rings. The molecule has 0 saturated heterocycles. The Kier molecular flexibility index (Phi) is 4.02. The Morgan fingerprint density at radius 2 is 1.83 bits per heavy atom. The maximum atomic E-state index is 11.8. The normalized spacial score (nSPS) is 10.7. The summed E-state index contributed by atoms with van der Waals surface area (Å²) >= 11 is 0. The summed E-state index contributed by atoms with van der Waals surface area (Å²) in [6.45, 7) is 2.32. The van der Waals surface area contributed by atoms with Gasteiger partial charge in [0, 0.05) is 20.2 Å². The third-order valence-electron chi connectivity index (χ3n) is 3.65. The summed E-state index contributed by atoms with van der Waals surface area (Å²) in [5.41, 5.74) is 2.91. The van der Waals surface area contributed by atoms with Gasteiger partial charge in [-0.15, -0.1) is 0 Å². The Morgan fingerprint density at radius 3 is 2.52 bits per heavy atom. The number of imidazole rings is 1. The highest BCUT2D eigenvalue weighted by atomic mass is 16.5. The van der Waals surface area contributed by atoms with Crippen molar-refractivity contribution in [3.8, 4) is 11.5 Å². The molecule has 0 radical (unpaired) electrons. The van der Waals surface area contributed by atoms with Crippen molar-refractivity contribution in [3.05, 3.63) is 54.4 Å². The highest BCUT2D eigenvalue weighted by Crippen LogP contribution is 2.25. The zero-order chi connectivity index (χ0) is 16.4. The van der Waals surface area contributed by atoms with E-state index in [4.69, 9.17) is 4.74 Å². The van der Waals surface area contributed by atoms with Crippen LogP contribution < -0.4 is 4.74 Å². The number of nitrogens with zero attached hydrogens (tertiary/aromatic N) is 3. The lowest BCUT2D eigenvalue weighted by Crippen LogP contribution is -2.25. The van der Waals surface area contributed by atoms with E-state index < -0.39 is 0 Å². The Hall–Kier alpha value is -2.82. The third kappa shape index (κ3) is 3.34. The molecule has 0 bridgehead atoms. The van der Waals surface area contributed by atoms with Gasteiger partial charge in [-0.3, -0.25) is 4.79 Å². The molecule has 1 amide bonds. The van der Waals surface area contributed by atoms with Crippen LogP contribution in [-0.2, 0) is 11.3 Å². The molecule has 0 N–H and O–H groups in total. The van der Waals surface area contributed by atoms with Gasteiger partial charge in [-0.2, -0.15) is 0 Å². The number of carbonyl (C=O) groups is 1. The number of carbonyl (C=O) groups excluding carboxylic acids is 1. The van der Waals surface area contributed by atoms with Gasteiger partial charge in [-0.1, -0.05) is 17.7 Å². The number of fused-ring (bicyclic) bond motifs is 1. The van der Waals surface area contributed by atoms with Crippen LogP contribution in [0.4, 0.5) is 0 Å². The van der Waals surface area contributed by atoms with Gasteiger partial charge in [0.2, 0.25) is 5.91 Å². The van der Waals surface area contributed by atoms with E-state index in [1.807, 2.05) is 54.0 Å². The Balaban J connectivity index is 1.83. The highest BCUT2D eigenvalue weighted by Gasteiger charge is 2.09. The number of ether oxygens (including phenoxy) is 1. The molecular weight excluding hydrogens is 290 g/mol. The lowest BCUT2D eigenvalue weighted by atomic mass is 10.2. The van der Waals surface area contributed by atoms with Crippen molar-refractivity contribution in [1.82, 2.24) is 14.5 Å². The minimum Gasteiger partial charge on any atom is -0.457 e. The first kappa shape index (κ1) is 15.1. The first-order valence-corrected chi connectivity index (χ1v) is 7.42. The number of likely N-dealkylation sites (N-methyl/N-ethyl adjacent to an activating group) is 1. The molecule has 118 valence electrons. The van der Waals surface area contributed by atoms with Crippen LogP contribution in [0.2, 0.25) is 0 Å². The van der Waals surface area contributed by atoms with E-state index in [1.54, 1.807) is 25.3 Å². The molecule has 1 heterocycles. The fraction of sp³-hybridized carbons (Fsp3) is 0.222. The van der Waals surface area contributed by atoms with Crippen molar-refractivity contribution in [2.24, 2.45) is 0 Å². The average Bonchev–Trinajstić information content (AvgIpc) is 2.92. The molecule has 0 unspecified atom stereocenters. The summed E-state index contributed by atoms with van der Waals surface area (Å²) in [6.07, 6.45) is 1.68.